The van der Waals surface area contributed by atoms with E-state index in [1.54, 1.807) is 0 Å². The molecule has 2 aliphatic rings. The molecule has 1 fully saturated rings. The zero-order valence-corrected chi connectivity index (χ0v) is 14.0. The van der Waals surface area contributed by atoms with E-state index in [9.17, 15) is 5.11 Å². The van der Waals surface area contributed by atoms with Crippen LogP contribution < -0.4 is 0 Å². The van der Waals surface area contributed by atoms with Crippen LogP contribution in [0, 0.1) is 11.3 Å². The molecule has 3 atom stereocenters. The number of hydrogen-bond acceptors (Lipinski definition) is 2. The van der Waals surface area contributed by atoms with Crippen molar-refractivity contribution >= 4 is 11.6 Å². The normalized spacial score (nSPS) is 38.6. The van der Waals surface area contributed by atoms with E-state index in [1.165, 1.54) is 12.0 Å². The van der Waals surface area contributed by atoms with Crippen LogP contribution in [0.4, 0.5) is 0 Å². The minimum Gasteiger partial charge on any atom is -0.389 e. The van der Waals surface area contributed by atoms with Crippen LogP contribution in [-0.4, -0.2) is 36.2 Å². The molecule has 0 radical (unpaired) electrons. The van der Waals surface area contributed by atoms with Gasteiger partial charge < -0.3 is 10.0 Å². The highest BCUT2D eigenvalue weighted by Crippen LogP contribution is 2.52. The lowest BCUT2D eigenvalue weighted by molar-refractivity contribution is -0.126. The summed E-state index contributed by atoms with van der Waals surface area (Å²) < 4.78 is 0. The number of aliphatic hydroxyl groups is 1. The molecule has 3 heteroatoms. The van der Waals surface area contributed by atoms with Gasteiger partial charge in [-0.3, -0.25) is 0 Å². The molecule has 0 spiro atoms. The average molecular weight is 298 g/mol. The largest absolute Gasteiger partial charge is 0.389 e. The zero-order valence-electron chi connectivity index (χ0n) is 13.2. The molecule has 1 saturated carbocycles. The Morgan fingerprint density at radius 2 is 2.10 bits per heavy atom. The zero-order chi connectivity index (χ0) is 15.0. The molecule has 0 aromatic heterocycles. The van der Waals surface area contributed by atoms with Crippen LogP contribution in [0.2, 0.25) is 0 Å². The van der Waals surface area contributed by atoms with Gasteiger partial charge in [-0.05, 0) is 46.4 Å². The van der Waals surface area contributed by atoms with E-state index < -0.39 is 5.60 Å². The molecular formula is C17H28ClNO. The standard InChI is InChI=1S/C17H28ClNO/c1-13-11-16(2,10-8-15(13)18)17(20)9-6-5-7-14(17)12-19(3)4/h8,10,14,20H,5-7,9,11-12H2,1-4H3/t14-,16?,17-/m0/s1. The molecule has 0 heterocycles. The van der Waals surface area contributed by atoms with Gasteiger partial charge in [0.15, 0.2) is 0 Å². The van der Waals surface area contributed by atoms with Gasteiger partial charge in [0.2, 0.25) is 0 Å². The van der Waals surface area contributed by atoms with Crippen LogP contribution >= 0.6 is 11.6 Å². The SMILES string of the molecule is CC1=C(Cl)C=CC(C)([C@]2(O)CCCC[C@H]2CN(C)C)C1. The predicted molar refractivity (Wildman–Crippen MR) is 85.9 cm³/mol. The Labute approximate surface area is 128 Å². The van der Waals surface area contributed by atoms with Crippen LogP contribution in [0.1, 0.15) is 46.0 Å². The first-order chi connectivity index (χ1) is 9.28. The van der Waals surface area contributed by atoms with Gasteiger partial charge in [-0.1, -0.05) is 43.0 Å². The second-order valence-corrected chi connectivity index (χ2v) is 7.59. The monoisotopic (exact) mass is 297 g/mol. The quantitative estimate of drug-likeness (QED) is 0.852. The number of hydrogen-bond donors (Lipinski definition) is 1. The Hall–Kier alpha value is -0.310. The molecule has 1 unspecified atom stereocenters. The molecule has 2 nitrogen and oxygen atoms in total. The maximum atomic E-state index is 11.5. The minimum absolute atomic E-state index is 0.198. The second-order valence-electron chi connectivity index (χ2n) is 7.19. The van der Waals surface area contributed by atoms with Crippen molar-refractivity contribution in [2.75, 3.05) is 20.6 Å². The van der Waals surface area contributed by atoms with Gasteiger partial charge in [0.25, 0.3) is 0 Å². The number of nitrogens with zero attached hydrogens (tertiary/aromatic N) is 1. The number of rotatable bonds is 3. The molecule has 114 valence electrons. The van der Waals surface area contributed by atoms with Crippen LogP contribution in [0.5, 0.6) is 0 Å². The fourth-order valence-corrected chi connectivity index (χ4v) is 4.18. The van der Waals surface area contributed by atoms with E-state index in [-0.39, 0.29) is 5.41 Å². The highest BCUT2D eigenvalue weighted by Gasteiger charge is 2.51. The van der Waals surface area contributed by atoms with E-state index in [2.05, 4.69) is 38.9 Å². The van der Waals surface area contributed by atoms with E-state index >= 15 is 0 Å². The predicted octanol–water partition coefficient (Wildman–Crippen LogP) is 3.95. The maximum absolute atomic E-state index is 11.5. The van der Waals surface area contributed by atoms with Crippen LogP contribution in [0.25, 0.3) is 0 Å². The molecule has 0 amide bonds. The Morgan fingerprint density at radius 3 is 2.70 bits per heavy atom. The van der Waals surface area contributed by atoms with Gasteiger partial charge in [-0.15, -0.1) is 0 Å². The lowest BCUT2D eigenvalue weighted by Crippen LogP contribution is -2.55. The highest BCUT2D eigenvalue weighted by atomic mass is 35.5. The van der Waals surface area contributed by atoms with E-state index in [0.717, 1.165) is 37.3 Å². The van der Waals surface area contributed by atoms with Crippen molar-refractivity contribution in [3.05, 3.63) is 22.8 Å². The van der Waals surface area contributed by atoms with E-state index in [0.29, 0.717) is 5.92 Å². The fraction of sp³-hybridized carbons (Fsp3) is 0.765. The molecule has 0 aromatic rings. The molecule has 2 aliphatic carbocycles. The van der Waals surface area contributed by atoms with E-state index in [1.807, 2.05) is 6.08 Å². The summed E-state index contributed by atoms with van der Waals surface area (Å²) in [5, 5.41) is 12.4. The summed E-state index contributed by atoms with van der Waals surface area (Å²) in [5.74, 6) is 0.338. The Kier molecular flexibility index (Phi) is 4.68. The molecule has 1 N–H and O–H groups in total. The van der Waals surface area contributed by atoms with Crippen molar-refractivity contribution in [3.63, 3.8) is 0 Å². The first kappa shape index (κ1) is 16.1. The van der Waals surface area contributed by atoms with Crippen molar-refractivity contribution < 1.29 is 5.11 Å². The first-order valence-corrected chi connectivity index (χ1v) is 8.08. The summed E-state index contributed by atoms with van der Waals surface area (Å²) in [5.41, 5.74) is 0.376. The first-order valence-electron chi connectivity index (χ1n) is 7.70. The van der Waals surface area contributed by atoms with Crippen LogP contribution in [0.3, 0.4) is 0 Å². The average Bonchev–Trinajstić information content (AvgIpc) is 2.37. The number of allylic oxidation sites excluding steroid dienone is 3. The number of halogens is 1. The molecule has 2 rings (SSSR count). The summed E-state index contributed by atoms with van der Waals surface area (Å²) in [6.07, 6.45) is 9.38. The third-order valence-corrected chi connectivity index (χ3v) is 5.70. The van der Waals surface area contributed by atoms with Gasteiger partial charge >= 0.3 is 0 Å². The highest BCUT2D eigenvalue weighted by molar-refractivity contribution is 6.31. The van der Waals surface area contributed by atoms with Gasteiger partial charge in [0.05, 0.1) is 5.60 Å². The lowest BCUT2D eigenvalue weighted by Gasteiger charge is -2.52. The second kappa shape index (κ2) is 5.82. The van der Waals surface area contributed by atoms with Crippen molar-refractivity contribution in [2.45, 2.75) is 51.6 Å². The van der Waals surface area contributed by atoms with Gasteiger partial charge in [-0.25, -0.2) is 0 Å². The molecule has 0 saturated heterocycles. The Balaban J connectivity index is 2.29. The Morgan fingerprint density at radius 1 is 1.40 bits per heavy atom. The molecule has 0 bridgehead atoms. The van der Waals surface area contributed by atoms with E-state index in [4.69, 9.17) is 11.6 Å². The molecule has 20 heavy (non-hydrogen) atoms. The van der Waals surface area contributed by atoms with Crippen molar-refractivity contribution in [2.24, 2.45) is 11.3 Å². The topological polar surface area (TPSA) is 23.5 Å². The van der Waals surface area contributed by atoms with Gasteiger partial charge in [0, 0.05) is 22.9 Å². The third kappa shape index (κ3) is 2.84. The smallest absolute Gasteiger partial charge is 0.0778 e. The Bertz CT molecular complexity index is 429. The van der Waals surface area contributed by atoms with Crippen molar-refractivity contribution in [1.82, 2.24) is 4.90 Å². The third-order valence-electron chi connectivity index (χ3n) is 5.25. The molecular weight excluding hydrogens is 270 g/mol. The minimum atomic E-state index is -0.620. The summed E-state index contributed by atoms with van der Waals surface area (Å²) in [4.78, 5) is 2.20. The summed E-state index contributed by atoms with van der Waals surface area (Å²) in [6.45, 7) is 5.23. The van der Waals surface area contributed by atoms with Gasteiger partial charge in [0.1, 0.15) is 0 Å². The molecule has 0 aromatic carbocycles. The molecule has 0 aliphatic heterocycles. The summed E-state index contributed by atoms with van der Waals surface area (Å²) in [6, 6.07) is 0. The summed E-state index contributed by atoms with van der Waals surface area (Å²) in [7, 11) is 4.19. The van der Waals surface area contributed by atoms with Crippen LogP contribution in [-0.2, 0) is 0 Å². The van der Waals surface area contributed by atoms with Crippen molar-refractivity contribution in [3.8, 4) is 0 Å². The van der Waals surface area contributed by atoms with Gasteiger partial charge in [-0.2, -0.15) is 0 Å². The summed E-state index contributed by atoms with van der Waals surface area (Å²) >= 11 is 6.20. The lowest BCUT2D eigenvalue weighted by atomic mass is 9.58. The van der Waals surface area contributed by atoms with Crippen LogP contribution in [0.15, 0.2) is 22.8 Å². The van der Waals surface area contributed by atoms with Crippen molar-refractivity contribution in [1.29, 1.82) is 0 Å². The fourth-order valence-electron chi connectivity index (χ4n) is 4.05. The maximum Gasteiger partial charge on any atom is 0.0778 e.